The van der Waals surface area contributed by atoms with Crippen molar-refractivity contribution >= 4 is 11.3 Å². The van der Waals surface area contributed by atoms with Crippen molar-refractivity contribution in [1.29, 1.82) is 0 Å². The molecule has 14 heavy (non-hydrogen) atoms. The quantitative estimate of drug-likeness (QED) is 0.676. The van der Waals surface area contributed by atoms with Gasteiger partial charge in [-0.1, -0.05) is 6.07 Å². The Morgan fingerprint density at radius 1 is 1.00 bits per heavy atom. The summed E-state index contributed by atoms with van der Waals surface area (Å²) in [7, 11) is 1.68. The summed E-state index contributed by atoms with van der Waals surface area (Å²) in [5.74, 6) is 0.898. The maximum atomic E-state index is 5.11. The van der Waals surface area contributed by atoms with Crippen LogP contribution in [0.1, 0.15) is 0 Å². The average molecular weight is 203 g/mol. The van der Waals surface area contributed by atoms with E-state index >= 15 is 0 Å². The van der Waals surface area contributed by atoms with E-state index in [4.69, 9.17) is 4.74 Å². The fourth-order valence-electron chi connectivity index (χ4n) is 1.26. The highest BCUT2D eigenvalue weighted by Gasteiger charge is 2.06. The summed E-state index contributed by atoms with van der Waals surface area (Å²) in [4.78, 5) is 1.27. The molecule has 0 N–H and O–H groups in total. The van der Waals surface area contributed by atoms with Crippen LogP contribution in [0.3, 0.4) is 0 Å². The molecule has 0 atom stereocenters. The lowest BCUT2D eigenvalue weighted by molar-refractivity contribution is 0.415. The smallest absolute Gasteiger partial charge is 0.237 e. The lowest BCUT2D eigenvalue weighted by Gasteiger charge is -1.98. The van der Waals surface area contributed by atoms with Crippen molar-refractivity contribution in [3.8, 4) is 16.2 Å². The first kappa shape index (κ1) is 9.16. The summed E-state index contributed by atoms with van der Waals surface area (Å²) >= 11 is 1.74. The number of methoxy groups -OCH3 is 1. The monoisotopic (exact) mass is 203 g/mol. The molecule has 0 aliphatic carbocycles. The maximum Gasteiger partial charge on any atom is 0.237 e. The van der Waals surface area contributed by atoms with E-state index in [9.17, 15) is 0 Å². The molecule has 2 aromatic rings. The molecule has 0 bridgehead atoms. The minimum Gasteiger partial charge on any atom is -0.497 e. The van der Waals surface area contributed by atoms with Gasteiger partial charge >= 0.3 is 0 Å². The van der Waals surface area contributed by atoms with Gasteiger partial charge in [0.2, 0.25) is 16.2 Å². The van der Waals surface area contributed by atoms with Gasteiger partial charge in [-0.15, -0.1) is 0 Å². The zero-order chi connectivity index (χ0) is 9.80. The third-order valence-electron chi connectivity index (χ3n) is 2.01. The summed E-state index contributed by atoms with van der Waals surface area (Å²) in [5, 5.41) is 2.08. The predicted molar refractivity (Wildman–Crippen MR) is 60.7 cm³/mol. The Labute approximate surface area is 87.6 Å². The average Bonchev–Trinajstić information content (AvgIpc) is 2.30. The van der Waals surface area contributed by atoms with Crippen molar-refractivity contribution < 1.29 is 4.74 Å². The molecule has 0 amide bonds. The molecular formula is C12H11OS+. The number of benzene rings is 1. The van der Waals surface area contributed by atoms with Crippen molar-refractivity contribution in [3.63, 3.8) is 0 Å². The van der Waals surface area contributed by atoms with Gasteiger partial charge < -0.3 is 4.74 Å². The van der Waals surface area contributed by atoms with Gasteiger partial charge in [-0.05, 0) is 30.3 Å². The topological polar surface area (TPSA) is 9.23 Å². The third kappa shape index (κ3) is 1.91. The Hall–Kier alpha value is -1.41. The summed E-state index contributed by atoms with van der Waals surface area (Å²) in [6, 6.07) is 14.3. The van der Waals surface area contributed by atoms with Crippen molar-refractivity contribution in [3.05, 3.63) is 47.8 Å². The van der Waals surface area contributed by atoms with Crippen LogP contribution in [-0.2, 0) is 0 Å². The zero-order valence-electron chi connectivity index (χ0n) is 7.94. The zero-order valence-corrected chi connectivity index (χ0v) is 8.75. The lowest BCUT2D eigenvalue weighted by Crippen LogP contribution is -1.81. The summed E-state index contributed by atoms with van der Waals surface area (Å²) < 4.78 is 5.11. The Balaban J connectivity index is 2.34. The highest BCUT2D eigenvalue weighted by atomic mass is 32.1. The molecule has 0 aliphatic heterocycles. The summed E-state index contributed by atoms with van der Waals surface area (Å²) in [6.45, 7) is 0. The van der Waals surface area contributed by atoms with Crippen molar-refractivity contribution in [2.45, 2.75) is 0 Å². The van der Waals surface area contributed by atoms with E-state index in [0.29, 0.717) is 0 Å². The van der Waals surface area contributed by atoms with E-state index in [-0.39, 0.29) is 0 Å². The molecule has 0 spiro atoms. The van der Waals surface area contributed by atoms with E-state index in [1.807, 2.05) is 18.2 Å². The van der Waals surface area contributed by atoms with Crippen LogP contribution in [-0.4, -0.2) is 7.11 Å². The van der Waals surface area contributed by atoms with Gasteiger partial charge in [-0.3, -0.25) is 0 Å². The highest BCUT2D eigenvalue weighted by Crippen LogP contribution is 2.24. The van der Waals surface area contributed by atoms with Gasteiger partial charge in [0, 0.05) is 11.6 Å². The third-order valence-corrected chi connectivity index (χ3v) is 2.93. The number of rotatable bonds is 2. The van der Waals surface area contributed by atoms with Crippen LogP contribution in [0.4, 0.5) is 0 Å². The Bertz CT molecular complexity index is 394. The molecule has 1 aromatic heterocycles. The van der Waals surface area contributed by atoms with E-state index in [1.165, 1.54) is 10.4 Å². The van der Waals surface area contributed by atoms with Crippen LogP contribution < -0.4 is 4.74 Å². The maximum absolute atomic E-state index is 5.11. The molecule has 1 aromatic carbocycles. The van der Waals surface area contributed by atoms with Crippen molar-refractivity contribution in [2.75, 3.05) is 7.11 Å². The van der Waals surface area contributed by atoms with Crippen LogP contribution in [0.25, 0.3) is 10.4 Å². The van der Waals surface area contributed by atoms with Crippen molar-refractivity contribution in [2.24, 2.45) is 0 Å². The van der Waals surface area contributed by atoms with Crippen LogP contribution in [0.2, 0.25) is 0 Å². The Morgan fingerprint density at radius 3 is 2.36 bits per heavy atom. The summed E-state index contributed by atoms with van der Waals surface area (Å²) in [5.41, 5.74) is 1.23. The normalized spacial score (nSPS) is 9.79. The molecule has 0 unspecified atom stereocenters. The summed E-state index contributed by atoms with van der Waals surface area (Å²) in [6.07, 6.45) is 0. The molecule has 70 valence electrons. The first-order chi connectivity index (χ1) is 6.90. The van der Waals surface area contributed by atoms with E-state index in [1.54, 1.807) is 18.4 Å². The van der Waals surface area contributed by atoms with Crippen molar-refractivity contribution in [1.82, 2.24) is 0 Å². The van der Waals surface area contributed by atoms with E-state index in [2.05, 4.69) is 29.6 Å². The van der Waals surface area contributed by atoms with Gasteiger partial charge in [-0.2, -0.15) is 0 Å². The molecule has 0 fully saturated rings. The van der Waals surface area contributed by atoms with Gasteiger partial charge in [0.25, 0.3) is 0 Å². The molecular weight excluding hydrogens is 192 g/mol. The number of ether oxygens (including phenoxy) is 1. The SMILES string of the molecule is COc1ccc(-c2cccc[s+]2)cc1. The Morgan fingerprint density at radius 2 is 1.79 bits per heavy atom. The molecule has 0 aliphatic rings. The molecule has 0 saturated heterocycles. The molecule has 2 rings (SSSR count). The van der Waals surface area contributed by atoms with Crippen LogP contribution in [0.15, 0.2) is 47.8 Å². The van der Waals surface area contributed by atoms with Crippen LogP contribution in [0.5, 0.6) is 5.75 Å². The fourth-order valence-corrected chi connectivity index (χ4v) is 2.00. The molecule has 0 radical (unpaired) electrons. The second-order valence-corrected chi connectivity index (χ2v) is 3.85. The number of hydrogen-bond acceptors (Lipinski definition) is 1. The predicted octanol–water partition coefficient (Wildman–Crippen LogP) is 3.70. The standard InChI is InChI=1S/C12H11OS/c1-13-11-7-5-10(6-8-11)12-4-2-3-9-14-12/h2-9H,1H3/q+1. The Kier molecular flexibility index (Phi) is 2.75. The van der Waals surface area contributed by atoms with Gasteiger partial charge in [0.15, 0.2) is 5.38 Å². The van der Waals surface area contributed by atoms with Gasteiger partial charge in [0.05, 0.1) is 7.11 Å². The second kappa shape index (κ2) is 4.20. The van der Waals surface area contributed by atoms with Gasteiger partial charge in [0.1, 0.15) is 5.75 Å². The number of hydrogen-bond donors (Lipinski definition) is 0. The second-order valence-electron chi connectivity index (χ2n) is 2.90. The molecule has 0 saturated carbocycles. The van der Waals surface area contributed by atoms with E-state index in [0.717, 1.165) is 5.75 Å². The molecule has 1 nitrogen and oxygen atoms in total. The van der Waals surface area contributed by atoms with E-state index < -0.39 is 0 Å². The minimum absolute atomic E-state index is 0.898. The van der Waals surface area contributed by atoms with Crippen LogP contribution in [0, 0.1) is 0 Å². The largest absolute Gasteiger partial charge is 0.497 e. The minimum atomic E-state index is 0.898. The first-order valence-corrected chi connectivity index (χ1v) is 5.29. The molecule has 1 heterocycles. The first-order valence-electron chi connectivity index (χ1n) is 4.41. The molecule has 2 heteroatoms. The van der Waals surface area contributed by atoms with Crippen LogP contribution >= 0.6 is 11.3 Å². The lowest BCUT2D eigenvalue weighted by atomic mass is 10.2. The highest BCUT2D eigenvalue weighted by molar-refractivity contribution is 7.13. The fraction of sp³-hybridized carbons (Fsp3) is 0.0833. The van der Waals surface area contributed by atoms with Gasteiger partial charge in [-0.25, -0.2) is 0 Å².